The summed E-state index contributed by atoms with van der Waals surface area (Å²) in [7, 11) is 0. The Balaban J connectivity index is 2.64. The Morgan fingerprint density at radius 3 is 3.08 bits per heavy atom. The van der Waals surface area contributed by atoms with Crippen molar-refractivity contribution in [1.82, 2.24) is 4.98 Å². The Bertz CT molecular complexity index is 513. The van der Waals surface area contributed by atoms with Crippen LogP contribution in [0.15, 0.2) is 30.5 Å². The van der Waals surface area contributed by atoms with Gasteiger partial charge in [0.1, 0.15) is 0 Å². The zero-order valence-corrected chi connectivity index (χ0v) is 6.46. The van der Waals surface area contributed by atoms with Gasteiger partial charge in [0.05, 0.1) is 0 Å². The molecule has 2 nitrogen and oxygen atoms in total. The van der Waals surface area contributed by atoms with Gasteiger partial charge in [-0.25, -0.2) is 0 Å². The van der Waals surface area contributed by atoms with E-state index in [4.69, 9.17) is 11.2 Å². The fraction of sp³-hybridized carbons (Fsp3) is 0.200. The van der Waals surface area contributed by atoms with Crippen molar-refractivity contribution in [2.24, 2.45) is 5.73 Å². The van der Waals surface area contributed by atoms with Crippen LogP contribution in [-0.4, -0.2) is 11.5 Å². The highest BCUT2D eigenvalue weighted by Gasteiger charge is 1.99. The molecule has 2 aromatic rings. The topological polar surface area (TPSA) is 41.8 Å². The highest BCUT2D eigenvalue weighted by Crippen LogP contribution is 2.17. The summed E-state index contributed by atoms with van der Waals surface area (Å²) >= 11 is 0. The number of aryl methyl sites for hydroxylation is 1. The molecule has 12 heavy (non-hydrogen) atoms. The molecule has 0 aliphatic carbocycles. The summed E-state index contributed by atoms with van der Waals surface area (Å²) in [4.78, 5) is 2.90. The third kappa shape index (κ3) is 1.10. The fourth-order valence-corrected chi connectivity index (χ4v) is 1.25. The molecule has 2 heteroatoms. The van der Waals surface area contributed by atoms with E-state index in [0.29, 0.717) is 5.39 Å². The van der Waals surface area contributed by atoms with Gasteiger partial charge in [-0.3, -0.25) is 0 Å². The number of fused-ring (bicyclic) bond motifs is 1. The Morgan fingerprint density at radius 1 is 1.42 bits per heavy atom. The minimum absolute atomic E-state index is 0.246. The quantitative estimate of drug-likeness (QED) is 0.696. The predicted molar refractivity (Wildman–Crippen MR) is 51.1 cm³/mol. The Hall–Kier alpha value is -1.28. The van der Waals surface area contributed by atoms with Crippen LogP contribution < -0.4 is 5.73 Å². The molecule has 62 valence electrons. The Kier molecular flexibility index (Phi) is 1.02. The summed E-state index contributed by atoms with van der Waals surface area (Å²) in [6, 6.07) is 7.16. The number of benzene rings is 1. The maximum atomic E-state index is 7.76. The Labute approximate surface area is 77.0 Å². The number of aromatic amines is 1. The van der Waals surface area contributed by atoms with Crippen LogP contribution in [0.1, 0.15) is 11.0 Å². The minimum Gasteiger partial charge on any atom is -0.361 e. The number of aromatic nitrogens is 1. The molecule has 0 amide bonds. The third-order valence-corrected chi connectivity index (χ3v) is 1.80. The molecule has 0 saturated heterocycles. The molecule has 3 N–H and O–H groups in total. The molecule has 0 aliphatic rings. The molecule has 1 heterocycles. The number of rotatable bonds is 2. The number of hydrogen-bond acceptors (Lipinski definition) is 1. The van der Waals surface area contributed by atoms with E-state index in [0.717, 1.165) is 5.52 Å². The number of para-hydroxylation sites is 1. The summed E-state index contributed by atoms with van der Waals surface area (Å²) in [5.41, 5.74) is 6.25. The molecule has 0 spiro atoms. The summed E-state index contributed by atoms with van der Waals surface area (Å²) in [5.74, 6) is 0. The van der Waals surface area contributed by atoms with Crippen LogP contribution in [-0.2, 0) is 6.37 Å². The number of nitrogens with one attached hydrogen (secondary N) is 1. The summed E-state index contributed by atoms with van der Waals surface area (Å²) in [5, 5.41) is 0.654. The molecule has 0 saturated carbocycles. The normalized spacial score (nSPS) is 18.1. The lowest BCUT2D eigenvalue weighted by Gasteiger charge is -1.93. The van der Waals surface area contributed by atoms with Crippen LogP contribution >= 0.6 is 0 Å². The van der Waals surface area contributed by atoms with Crippen molar-refractivity contribution in [3.63, 3.8) is 0 Å². The van der Waals surface area contributed by atoms with Crippen molar-refractivity contribution in [2.45, 2.75) is 6.37 Å². The molecule has 0 unspecified atom stereocenters. The van der Waals surface area contributed by atoms with Crippen molar-refractivity contribution in [3.8, 4) is 0 Å². The van der Waals surface area contributed by atoms with Gasteiger partial charge in [-0.05, 0) is 24.5 Å². The number of hydrogen-bond donors (Lipinski definition) is 2. The summed E-state index contributed by atoms with van der Waals surface area (Å²) < 4.78 is 30.2. The van der Waals surface area contributed by atoms with Crippen LogP contribution in [0.2, 0.25) is 0 Å². The zero-order chi connectivity index (χ0) is 12.0. The van der Waals surface area contributed by atoms with Gasteiger partial charge in [-0.15, -0.1) is 0 Å². The second-order valence-electron chi connectivity index (χ2n) is 2.52. The van der Waals surface area contributed by atoms with Crippen LogP contribution in [0.3, 0.4) is 0 Å². The smallest absolute Gasteiger partial charge is 0.0456 e. The van der Waals surface area contributed by atoms with Gasteiger partial charge in [0, 0.05) is 22.6 Å². The van der Waals surface area contributed by atoms with E-state index < -0.39 is 12.9 Å². The van der Waals surface area contributed by atoms with Crippen LogP contribution in [0.25, 0.3) is 10.9 Å². The van der Waals surface area contributed by atoms with Crippen LogP contribution in [0.4, 0.5) is 0 Å². The molecule has 0 radical (unpaired) electrons. The zero-order valence-electron chi connectivity index (χ0n) is 10.5. The first-order valence-electron chi connectivity index (χ1n) is 5.69. The van der Waals surface area contributed by atoms with E-state index in [2.05, 4.69) is 4.98 Å². The SMILES string of the molecule is [2H]C([2H])(N)C([2H])([2H])c1c[nH]c2ccccc12. The molecule has 0 aliphatic heterocycles. The maximum Gasteiger partial charge on any atom is 0.0456 e. The molecule has 0 bridgehead atoms. The average Bonchev–Trinajstić information content (AvgIpc) is 2.59. The molecular weight excluding hydrogens is 148 g/mol. The third-order valence-electron chi connectivity index (χ3n) is 1.80. The van der Waals surface area contributed by atoms with Gasteiger partial charge in [0.15, 0.2) is 0 Å². The highest BCUT2D eigenvalue weighted by molar-refractivity contribution is 5.82. The predicted octanol–water partition coefficient (Wildman–Crippen LogP) is 1.67. The van der Waals surface area contributed by atoms with Crippen molar-refractivity contribution in [3.05, 3.63) is 36.0 Å². The van der Waals surface area contributed by atoms with Gasteiger partial charge in [0.2, 0.25) is 0 Å². The largest absolute Gasteiger partial charge is 0.361 e. The molecule has 0 atom stereocenters. The molecular formula is C10H12N2. The van der Waals surface area contributed by atoms with Crippen LogP contribution in [0.5, 0.6) is 0 Å². The second-order valence-corrected chi connectivity index (χ2v) is 2.52. The number of H-pyrrole nitrogens is 1. The van der Waals surface area contributed by atoms with Crippen molar-refractivity contribution >= 4 is 10.9 Å². The van der Waals surface area contributed by atoms with Crippen LogP contribution in [0, 0.1) is 0 Å². The van der Waals surface area contributed by atoms with Crippen molar-refractivity contribution < 1.29 is 5.48 Å². The lowest BCUT2D eigenvalue weighted by Crippen LogP contribution is -2.01. The summed E-state index contributed by atoms with van der Waals surface area (Å²) in [6.07, 6.45) is -0.762. The number of nitrogens with two attached hydrogens (primary N) is 1. The van der Waals surface area contributed by atoms with E-state index >= 15 is 0 Å². The lowest BCUT2D eigenvalue weighted by molar-refractivity contribution is 0.976. The molecule has 1 aromatic heterocycles. The first-order chi connectivity index (χ1) is 7.34. The molecule has 0 fully saturated rings. The Morgan fingerprint density at radius 2 is 2.25 bits per heavy atom. The highest BCUT2D eigenvalue weighted by atomic mass is 14.7. The van der Waals surface area contributed by atoms with E-state index in [-0.39, 0.29) is 5.56 Å². The standard InChI is InChI=1S/C10H12N2/c11-6-5-8-7-12-10-4-2-1-3-9(8)10/h1-4,7,12H,5-6,11H2/i5D2,6D2. The average molecular weight is 164 g/mol. The maximum absolute atomic E-state index is 7.76. The van der Waals surface area contributed by atoms with E-state index in [1.54, 1.807) is 18.2 Å². The first-order valence-corrected chi connectivity index (χ1v) is 3.69. The van der Waals surface area contributed by atoms with E-state index in [1.807, 2.05) is 6.07 Å². The van der Waals surface area contributed by atoms with Gasteiger partial charge in [-0.2, -0.15) is 0 Å². The molecule has 2 rings (SSSR count). The molecule has 1 aromatic carbocycles. The monoisotopic (exact) mass is 164 g/mol. The van der Waals surface area contributed by atoms with Gasteiger partial charge in [-0.1, -0.05) is 18.2 Å². The van der Waals surface area contributed by atoms with Crippen molar-refractivity contribution in [1.29, 1.82) is 0 Å². The van der Waals surface area contributed by atoms with Gasteiger partial charge in [0.25, 0.3) is 0 Å². The van der Waals surface area contributed by atoms with Gasteiger partial charge >= 0.3 is 0 Å². The van der Waals surface area contributed by atoms with E-state index in [1.165, 1.54) is 6.20 Å². The first kappa shape index (κ1) is 4.10. The van der Waals surface area contributed by atoms with E-state index in [9.17, 15) is 0 Å². The lowest BCUT2D eigenvalue weighted by atomic mass is 10.1. The fourth-order valence-electron chi connectivity index (χ4n) is 1.25. The second kappa shape index (κ2) is 2.99. The minimum atomic E-state index is -2.42. The summed E-state index contributed by atoms with van der Waals surface area (Å²) in [6.45, 7) is -2.42. The van der Waals surface area contributed by atoms with Crippen molar-refractivity contribution in [2.75, 3.05) is 6.50 Å². The van der Waals surface area contributed by atoms with Gasteiger partial charge < -0.3 is 10.7 Å².